The average Bonchev–Trinajstić information content (AvgIpc) is 2.57. The summed E-state index contributed by atoms with van der Waals surface area (Å²) in [6.07, 6.45) is -6.17. The van der Waals surface area contributed by atoms with Gasteiger partial charge in [0.15, 0.2) is 0 Å². The molecule has 0 radical (unpaired) electrons. The van der Waals surface area contributed by atoms with E-state index >= 15 is 0 Å². The summed E-state index contributed by atoms with van der Waals surface area (Å²) >= 11 is 0. The molecule has 6 atom stereocenters. The largest absolute Gasteiger partial charge is 0.469 e. The van der Waals surface area contributed by atoms with E-state index in [-0.39, 0.29) is 18.2 Å². The second-order valence-electron chi connectivity index (χ2n) is 6.91. The molecule has 0 bridgehead atoms. The quantitative estimate of drug-likeness (QED) is 0.377. The number of carbonyl (C=O) groups is 2. The van der Waals surface area contributed by atoms with Crippen molar-refractivity contribution in [1.29, 1.82) is 0 Å². The van der Waals surface area contributed by atoms with Crippen LogP contribution in [0.2, 0.25) is 0 Å². The van der Waals surface area contributed by atoms with E-state index in [0.29, 0.717) is 0 Å². The lowest BCUT2D eigenvalue weighted by Crippen LogP contribution is -2.61. The molecule has 6 unspecified atom stereocenters. The van der Waals surface area contributed by atoms with Gasteiger partial charge in [-0.25, -0.2) is 4.79 Å². The first-order chi connectivity index (χ1) is 11.9. The minimum Gasteiger partial charge on any atom is -0.469 e. The van der Waals surface area contributed by atoms with Crippen molar-refractivity contribution >= 4 is 12.1 Å². The van der Waals surface area contributed by atoms with Gasteiger partial charge >= 0.3 is 12.1 Å². The number of methoxy groups -OCH3 is 1. The summed E-state index contributed by atoms with van der Waals surface area (Å²) in [4.78, 5) is 21.8. The van der Waals surface area contributed by atoms with Crippen molar-refractivity contribution in [2.45, 2.75) is 63.8 Å². The topological polar surface area (TPSA) is 161 Å². The zero-order valence-corrected chi connectivity index (χ0v) is 16.1. The third-order valence-corrected chi connectivity index (χ3v) is 3.65. The molecule has 0 aromatic rings. The molecule has 1 aliphatic rings. The van der Waals surface area contributed by atoms with Crippen molar-refractivity contribution < 1.29 is 39.1 Å². The van der Waals surface area contributed by atoms with Crippen LogP contribution in [0.1, 0.15) is 27.7 Å². The second-order valence-corrected chi connectivity index (χ2v) is 6.91. The van der Waals surface area contributed by atoms with Gasteiger partial charge in [-0.15, -0.1) is 0 Å². The Hall–Kier alpha value is -1.46. The SMILES string of the molecule is CNC(=O)OC(C)(C)C.COC(=O)C(C)C1OC(CN)C(O)C(O)C1O. The lowest BCUT2D eigenvalue weighted by Gasteiger charge is -2.41. The van der Waals surface area contributed by atoms with Gasteiger partial charge in [-0.1, -0.05) is 0 Å². The van der Waals surface area contributed by atoms with Crippen molar-refractivity contribution in [2.75, 3.05) is 20.7 Å². The van der Waals surface area contributed by atoms with E-state index in [1.165, 1.54) is 21.1 Å². The fraction of sp³-hybridized carbons (Fsp3) is 0.875. The number of nitrogens with one attached hydrogen (secondary N) is 1. The maximum atomic E-state index is 11.4. The molecule has 1 rings (SSSR count). The van der Waals surface area contributed by atoms with Gasteiger partial charge in [0.25, 0.3) is 0 Å². The molecule has 1 saturated heterocycles. The average molecular weight is 380 g/mol. The number of hydrogen-bond acceptors (Lipinski definition) is 9. The molecular formula is C16H32N2O8. The van der Waals surface area contributed by atoms with Crippen molar-refractivity contribution in [1.82, 2.24) is 5.32 Å². The number of aliphatic hydroxyl groups is 3. The number of rotatable bonds is 3. The molecule has 0 aromatic carbocycles. The summed E-state index contributed by atoms with van der Waals surface area (Å²) in [5.74, 6) is -1.32. The van der Waals surface area contributed by atoms with Gasteiger partial charge in [0.2, 0.25) is 0 Å². The summed E-state index contributed by atoms with van der Waals surface area (Å²) in [5.41, 5.74) is 4.99. The van der Waals surface area contributed by atoms with E-state index < -0.39 is 42.4 Å². The Morgan fingerprint density at radius 1 is 1.19 bits per heavy atom. The van der Waals surface area contributed by atoms with Crippen LogP contribution in [0.3, 0.4) is 0 Å². The van der Waals surface area contributed by atoms with Gasteiger partial charge in [-0.05, 0) is 27.7 Å². The predicted octanol–water partition coefficient (Wildman–Crippen LogP) is -1.25. The van der Waals surface area contributed by atoms with Crippen molar-refractivity contribution in [3.63, 3.8) is 0 Å². The molecule has 0 aliphatic carbocycles. The first-order valence-electron chi connectivity index (χ1n) is 8.27. The molecular weight excluding hydrogens is 348 g/mol. The van der Waals surface area contributed by atoms with Gasteiger partial charge in [0, 0.05) is 13.6 Å². The molecule has 1 heterocycles. The molecule has 1 aliphatic heterocycles. The Labute approximate surface area is 153 Å². The normalized spacial score (nSPS) is 29.7. The molecule has 0 saturated carbocycles. The molecule has 154 valence electrons. The third kappa shape index (κ3) is 7.42. The fourth-order valence-corrected chi connectivity index (χ4v) is 2.24. The number of hydrogen-bond donors (Lipinski definition) is 5. The van der Waals surface area contributed by atoms with Gasteiger partial charge in [-0.2, -0.15) is 0 Å². The highest BCUT2D eigenvalue weighted by Crippen LogP contribution is 2.26. The number of nitrogens with two attached hydrogens (primary N) is 1. The molecule has 10 nitrogen and oxygen atoms in total. The summed E-state index contributed by atoms with van der Waals surface area (Å²) in [6, 6.07) is 0. The van der Waals surface area contributed by atoms with Gasteiger partial charge < -0.3 is 40.6 Å². The number of esters is 1. The van der Waals surface area contributed by atoms with Gasteiger partial charge in [0.1, 0.15) is 23.9 Å². The first-order valence-corrected chi connectivity index (χ1v) is 8.27. The Balaban J connectivity index is 0.000000590. The number of carbonyl (C=O) groups excluding carboxylic acids is 2. The summed E-state index contributed by atoms with van der Waals surface area (Å²) in [7, 11) is 2.76. The number of aliphatic hydroxyl groups excluding tert-OH is 3. The van der Waals surface area contributed by atoms with Gasteiger partial charge in [-0.3, -0.25) is 4.79 Å². The van der Waals surface area contributed by atoms with Crippen LogP contribution in [0.25, 0.3) is 0 Å². The summed E-state index contributed by atoms with van der Waals surface area (Å²) in [6.45, 7) is 6.96. The Morgan fingerprint density at radius 2 is 1.73 bits per heavy atom. The smallest absolute Gasteiger partial charge is 0.407 e. The molecule has 10 heteroatoms. The van der Waals surface area contributed by atoms with E-state index in [1.807, 2.05) is 20.8 Å². The van der Waals surface area contributed by atoms with Crippen LogP contribution in [-0.4, -0.2) is 84.2 Å². The Morgan fingerprint density at radius 3 is 2.08 bits per heavy atom. The molecule has 1 fully saturated rings. The number of alkyl carbamates (subject to hydrolysis) is 1. The molecule has 0 spiro atoms. The summed E-state index contributed by atoms with van der Waals surface area (Å²) in [5, 5.41) is 31.3. The zero-order valence-electron chi connectivity index (χ0n) is 16.1. The first kappa shape index (κ1) is 24.5. The van der Waals surface area contributed by atoms with Crippen LogP contribution in [0.5, 0.6) is 0 Å². The van der Waals surface area contributed by atoms with E-state index in [0.717, 1.165) is 0 Å². The van der Waals surface area contributed by atoms with Crippen molar-refractivity contribution in [3.05, 3.63) is 0 Å². The van der Waals surface area contributed by atoms with Crippen molar-refractivity contribution in [3.8, 4) is 0 Å². The predicted molar refractivity (Wildman–Crippen MR) is 92.2 cm³/mol. The third-order valence-electron chi connectivity index (χ3n) is 3.65. The second kappa shape index (κ2) is 10.6. The molecule has 6 N–H and O–H groups in total. The maximum Gasteiger partial charge on any atom is 0.407 e. The number of ether oxygens (including phenoxy) is 3. The lowest BCUT2D eigenvalue weighted by molar-refractivity contribution is -0.232. The Kier molecular flexibility index (Phi) is 10.0. The molecule has 0 aromatic heterocycles. The summed E-state index contributed by atoms with van der Waals surface area (Å²) < 4.78 is 14.7. The van der Waals surface area contributed by atoms with Crippen LogP contribution in [0, 0.1) is 5.92 Å². The Bertz CT molecular complexity index is 452. The van der Waals surface area contributed by atoms with E-state index in [2.05, 4.69) is 10.1 Å². The van der Waals surface area contributed by atoms with Crippen LogP contribution < -0.4 is 11.1 Å². The molecule has 1 amide bonds. The minimum atomic E-state index is -1.39. The number of amides is 1. The zero-order chi connectivity index (χ0) is 20.7. The highest BCUT2D eigenvalue weighted by molar-refractivity contribution is 5.72. The highest BCUT2D eigenvalue weighted by atomic mass is 16.6. The van der Waals surface area contributed by atoms with E-state index in [4.69, 9.17) is 15.2 Å². The van der Waals surface area contributed by atoms with E-state index in [1.54, 1.807) is 0 Å². The van der Waals surface area contributed by atoms with Crippen LogP contribution in [0.4, 0.5) is 4.79 Å². The van der Waals surface area contributed by atoms with Crippen molar-refractivity contribution in [2.24, 2.45) is 11.7 Å². The highest BCUT2D eigenvalue weighted by Gasteiger charge is 2.46. The van der Waals surface area contributed by atoms with Gasteiger partial charge in [0.05, 0.1) is 25.2 Å². The standard InChI is InChI=1S/C10H19NO6.C6H13NO2/c1-4(10(15)16-2)9-8(14)7(13)6(12)5(3-11)17-9;1-6(2,3)9-5(8)7-4/h4-9,12-14H,3,11H2,1-2H3;1-4H3,(H,7,8). The van der Waals surface area contributed by atoms with E-state index in [9.17, 15) is 24.9 Å². The minimum absolute atomic E-state index is 0.0185. The van der Waals surface area contributed by atoms with Crippen LogP contribution in [-0.2, 0) is 19.0 Å². The maximum absolute atomic E-state index is 11.4. The monoisotopic (exact) mass is 380 g/mol. The molecule has 26 heavy (non-hydrogen) atoms. The lowest BCUT2D eigenvalue weighted by atomic mass is 9.88. The fourth-order valence-electron chi connectivity index (χ4n) is 2.24. The van der Waals surface area contributed by atoms with Crippen LogP contribution >= 0.6 is 0 Å². The van der Waals surface area contributed by atoms with Crippen LogP contribution in [0.15, 0.2) is 0 Å².